The number of hydrogen-bond donors (Lipinski definition) is 1. The molecule has 2 aromatic carbocycles. The molecular weight excluding hydrogens is 402 g/mol. The summed E-state index contributed by atoms with van der Waals surface area (Å²) in [5.74, 6) is 1.49. The first kappa shape index (κ1) is 24.0. The summed E-state index contributed by atoms with van der Waals surface area (Å²) in [6, 6.07) is 18.1. The van der Waals surface area contributed by atoms with E-state index in [2.05, 4.69) is 18.7 Å². The Morgan fingerprint density at radius 2 is 1.78 bits per heavy atom. The molecule has 0 spiro atoms. The Hall–Kier alpha value is -2.67. The van der Waals surface area contributed by atoms with Gasteiger partial charge in [-0.15, -0.1) is 0 Å². The molecule has 0 aliphatic heterocycles. The van der Waals surface area contributed by atoms with E-state index < -0.39 is 0 Å². The van der Waals surface area contributed by atoms with E-state index in [1.807, 2.05) is 66.2 Å². The molecule has 1 N–H and O–H groups in total. The van der Waals surface area contributed by atoms with Gasteiger partial charge < -0.3 is 14.6 Å². The van der Waals surface area contributed by atoms with Crippen LogP contribution in [-0.2, 0) is 17.7 Å². The highest BCUT2D eigenvalue weighted by Crippen LogP contribution is 2.32. The van der Waals surface area contributed by atoms with Gasteiger partial charge in [0.1, 0.15) is 5.75 Å². The van der Waals surface area contributed by atoms with Crippen LogP contribution in [0.15, 0.2) is 54.6 Å². The Kier molecular flexibility index (Phi) is 8.85. The second-order valence-corrected chi connectivity index (χ2v) is 8.04. The van der Waals surface area contributed by atoms with Crippen molar-refractivity contribution in [1.29, 1.82) is 0 Å². The van der Waals surface area contributed by atoms with E-state index >= 15 is 0 Å². The van der Waals surface area contributed by atoms with Crippen LogP contribution in [0.5, 0.6) is 11.6 Å². The van der Waals surface area contributed by atoms with E-state index in [1.165, 1.54) is 5.56 Å². The van der Waals surface area contributed by atoms with Gasteiger partial charge in [0.25, 0.3) is 0 Å². The zero-order valence-electron chi connectivity index (χ0n) is 19.6. The number of nitrogens with zero attached hydrogens (tertiary/aromatic N) is 3. The number of aliphatic hydroxyl groups excluding tert-OH is 1. The minimum atomic E-state index is -0.387. The summed E-state index contributed by atoms with van der Waals surface area (Å²) in [5, 5.41) is 15.2. The van der Waals surface area contributed by atoms with E-state index in [0.29, 0.717) is 32.0 Å². The van der Waals surface area contributed by atoms with Gasteiger partial charge in [0.2, 0.25) is 5.88 Å². The lowest BCUT2D eigenvalue weighted by molar-refractivity contribution is 0.0825. The molecule has 6 heteroatoms. The van der Waals surface area contributed by atoms with Crippen molar-refractivity contribution in [3.05, 3.63) is 71.4 Å². The van der Waals surface area contributed by atoms with Crippen molar-refractivity contribution in [2.24, 2.45) is 0 Å². The fourth-order valence-corrected chi connectivity index (χ4v) is 3.59. The predicted octanol–water partition coefficient (Wildman–Crippen LogP) is 4.75. The fourth-order valence-electron chi connectivity index (χ4n) is 3.59. The van der Waals surface area contributed by atoms with E-state index in [1.54, 1.807) is 7.11 Å². The van der Waals surface area contributed by atoms with E-state index in [4.69, 9.17) is 14.6 Å². The summed E-state index contributed by atoms with van der Waals surface area (Å²) in [7, 11) is 1.70. The Labute approximate surface area is 191 Å². The number of aromatic nitrogens is 2. The van der Waals surface area contributed by atoms with Gasteiger partial charge in [0.15, 0.2) is 0 Å². The van der Waals surface area contributed by atoms with Gasteiger partial charge in [-0.1, -0.05) is 49.7 Å². The number of rotatable bonds is 12. The first-order valence-corrected chi connectivity index (χ1v) is 11.4. The Morgan fingerprint density at radius 3 is 2.41 bits per heavy atom. The maximum atomic E-state index is 10.3. The minimum Gasteiger partial charge on any atom is -0.439 e. The van der Waals surface area contributed by atoms with Gasteiger partial charge in [-0.25, -0.2) is 4.68 Å². The smallest absolute Gasteiger partial charge is 0.227 e. The molecule has 1 aromatic heterocycles. The molecule has 3 rings (SSSR count). The SMILES string of the molecule is CCc1nn(-c2ccccc2)c(Oc2ccc(C)cc2)c1CN(CCOC)C[C@@H](O)CC. The molecule has 3 aromatic rings. The summed E-state index contributed by atoms with van der Waals surface area (Å²) in [4.78, 5) is 2.21. The molecule has 1 atom stereocenters. The predicted molar refractivity (Wildman–Crippen MR) is 128 cm³/mol. The Bertz CT molecular complexity index is 954. The van der Waals surface area contributed by atoms with Crippen LogP contribution in [0.1, 0.15) is 37.1 Å². The van der Waals surface area contributed by atoms with Crippen molar-refractivity contribution in [2.75, 3.05) is 26.8 Å². The maximum Gasteiger partial charge on any atom is 0.227 e. The molecule has 172 valence electrons. The van der Waals surface area contributed by atoms with Crippen LogP contribution in [0, 0.1) is 6.92 Å². The topological polar surface area (TPSA) is 59.8 Å². The van der Waals surface area contributed by atoms with Crippen molar-refractivity contribution in [3.8, 4) is 17.3 Å². The lowest BCUT2D eigenvalue weighted by Gasteiger charge is -2.25. The van der Waals surface area contributed by atoms with Crippen molar-refractivity contribution in [3.63, 3.8) is 0 Å². The monoisotopic (exact) mass is 437 g/mol. The van der Waals surface area contributed by atoms with E-state index in [0.717, 1.165) is 35.7 Å². The summed E-state index contributed by atoms with van der Waals surface area (Å²) in [5.41, 5.74) is 4.16. The number of hydrogen-bond acceptors (Lipinski definition) is 5. The van der Waals surface area contributed by atoms with Crippen LogP contribution in [0.4, 0.5) is 0 Å². The highest BCUT2D eigenvalue weighted by molar-refractivity contribution is 5.44. The number of aryl methyl sites for hydroxylation is 2. The van der Waals surface area contributed by atoms with E-state index in [-0.39, 0.29) is 6.10 Å². The zero-order valence-corrected chi connectivity index (χ0v) is 19.6. The third-order valence-electron chi connectivity index (χ3n) is 5.52. The Balaban J connectivity index is 2.03. The molecule has 0 fully saturated rings. The third kappa shape index (κ3) is 6.19. The first-order chi connectivity index (χ1) is 15.5. The fraction of sp³-hybridized carbons (Fsp3) is 0.423. The molecule has 0 amide bonds. The van der Waals surface area contributed by atoms with Crippen molar-refractivity contribution >= 4 is 0 Å². The second kappa shape index (κ2) is 11.8. The molecule has 0 radical (unpaired) electrons. The molecule has 0 unspecified atom stereocenters. The summed E-state index contributed by atoms with van der Waals surface area (Å²) >= 11 is 0. The molecule has 6 nitrogen and oxygen atoms in total. The van der Waals surface area contributed by atoms with Crippen molar-refractivity contribution < 1.29 is 14.6 Å². The number of methoxy groups -OCH3 is 1. The van der Waals surface area contributed by atoms with Crippen LogP contribution < -0.4 is 4.74 Å². The standard InChI is InChI=1S/C26H35N3O3/c1-5-22(30)18-28(16-17-31-4)19-24-25(6-2)27-29(21-10-8-7-9-11-21)26(24)32-23-14-12-20(3)13-15-23/h7-15,22,30H,5-6,16-19H2,1-4H3/t22-/m0/s1. The quantitative estimate of drug-likeness (QED) is 0.443. The number of para-hydroxylation sites is 1. The molecule has 0 aliphatic rings. The molecule has 0 aliphatic carbocycles. The average Bonchev–Trinajstić information content (AvgIpc) is 3.16. The minimum absolute atomic E-state index is 0.387. The lowest BCUT2D eigenvalue weighted by Crippen LogP contribution is -2.34. The summed E-state index contributed by atoms with van der Waals surface area (Å²) in [6.07, 6.45) is 1.11. The number of benzene rings is 2. The summed E-state index contributed by atoms with van der Waals surface area (Å²) < 4.78 is 13.7. The van der Waals surface area contributed by atoms with Gasteiger partial charge in [-0.05, 0) is 44.0 Å². The normalized spacial score (nSPS) is 12.3. The number of aliphatic hydroxyl groups is 1. The lowest BCUT2D eigenvalue weighted by atomic mass is 10.1. The summed E-state index contributed by atoms with van der Waals surface area (Å²) in [6.45, 7) is 8.68. The second-order valence-electron chi connectivity index (χ2n) is 8.04. The van der Waals surface area contributed by atoms with Crippen molar-refractivity contribution in [2.45, 2.75) is 46.3 Å². The molecule has 1 heterocycles. The molecule has 0 bridgehead atoms. The van der Waals surface area contributed by atoms with Crippen molar-refractivity contribution in [1.82, 2.24) is 14.7 Å². The average molecular weight is 438 g/mol. The first-order valence-electron chi connectivity index (χ1n) is 11.4. The van der Waals surface area contributed by atoms with Gasteiger partial charge in [-0.2, -0.15) is 5.10 Å². The van der Waals surface area contributed by atoms with Crippen LogP contribution in [-0.4, -0.2) is 52.7 Å². The number of ether oxygens (including phenoxy) is 2. The van der Waals surface area contributed by atoms with Gasteiger partial charge >= 0.3 is 0 Å². The maximum absolute atomic E-state index is 10.3. The third-order valence-corrected chi connectivity index (χ3v) is 5.52. The van der Waals surface area contributed by atoms with Crippen LogP contribution in [0.25, 0.3) is 5.69 Å². The van der Waals surface area contributed by atoms with Gasteiger partial charge in [0, 0.05) is 26.7 Å². The highest BCUT2D eigenvalue weighted by Gasteiger charge is 2.23. The molecule has 0 saturated carbocycles. The molecule has 0 saturated heterocycles. The van der Waals surface area contributed by atoms with Crippen LogP contribution in [0.2, 0.25) is 0 Å². The molecule has 32 heavy (non-hydrogen) atoms. The van der Waals surface area contributed by atoms with Crippen LogP contribution >= 0.6 is 0 Å². The van der Waals surface area contributed by atoms with Gasteiger partial charge in [0.05, 0.1) is 29.7 Å². The van der Waals surface area contributed by atoms with Gasteiger partial charge in [-0.3, -0.25) is 4.90 Å². The van der Waals surface area contributed by atoms with E-state index in [9.17, 15) is 5.11 Å². The molecular formula is C26H35N3O3. The highest BCUT2D eigenvalue weighted by atomic mass is 16.5. The Morgan fingerprint density at radius 1 is 1.06 bits per heavy atom. The van der Waals surface area contributed by atoms with Crippen LogP contribution in [0.3, 0.4) is 0 Å². The zero-order chi connectivity index (χ0) is 22.9. The largest absolute Gasteiger partial charge is 0.439 e.